The lowest BCUT2D eigenvalue weighted by Crippen LogP contribution is -2.30. The molecule has 0 spiro atoms. The summed E-state index contributed by atoms with van der Waals surface area (Å²) in [5.41, 5.74) is 8.35. The summed E-state index contributed by atoms with van der Waals surface area (Å²) < 4.78 is 1.09. The lowest BCUT2D eigenvalue weighted by Gasteiger charge is -2.27. The number of hydrogen-bond donors (Lipinski definition) is 1. The molecule has 2 nitrogen and oxygen atoms in total. The molecule has 0 aliphatic carbocycles. The van der Waals surface area contributed by atoms with Crippen LogP contribution in [0.15, 0.2) is 53.0 Å². The van der Waals surface area contributed by atoms with Gasteiger partial charge >= 0.3 is 0 Å². The van der Waals surface area contributed by atoms with Crippen molar-refractivity contribution in [3.63, 3.8) is 0 Å². The van der Waals surface area contributed by atoms with E-state index in [-0.39, 0.29) is 6.04 Å². The van der Waals surface area contributed by atoms with E-state index < -0.39 is 0 Å². The Morgan fingerprint density at radius 2 is 1.90 bits per heavy atom. The highest BCUT2D eigenvalue weighted by atomic mass is 79.9. The average Bonchev–Trinajstić information content (AvgIpc) is 2.42. The molecule has 0 aromatic heterocycles. The third-order valence-electron chi connectivity index (χ3n) is 3.33. The molecule has 0 fully saturated rings. The zero-order valence-corrected chi connectivity index (χ0v) is 13.7. The van der Waals surface area contributed by atoms with E-state index in [0.29, 0.717) is 6.54 Å². The van der Waals surface area contributed by atoms with Crippen LogP contribution in [-0.2, 0) is 6.54 Å². The fourth-order valence-electron chi connectivity index (χ4n) is 2.27. The second kappa shape index (κ2) is 7.23. The van der Waals surface area contributed by atoms with Gasteiger partial charge in [0, 0.05) is 28.6 Å². The van der Waals surface area contributed by atoms with Crippen LogP contribution >= 0.6 is 27.5 Å². The van der Waals surface area contributed by atoms with Crippen molar-refractivity contribution in [2.45, 2.75) is 12.6 Å². The first kappa shape index (κ1) is 15.5. The first-order valence-electron chi connectivity index (χ1n) is 6.50. The summed E-state index contributed by atoms with van der Waals surface area (Å²) in [6.45, 7) is 1.41. The SMILES string of the molecule is CN(Cc1ccc(Br)cc1)C(CN)c1cccc(Cl)c1. The van der Waals surface area contributed by atoms with Crippen LogP contribution in [0.1, 0.15) is 17.2 Å². The van der Waals surface area contributed by atoms with Gasteiger partial charge in [-0.25, -0.2) is 0 Å². The van der Waals surface area contributed by atoms with Crippen LogP contribution in [0.2, 0.25) is 5.02 Å². The predicted octanol–water partition coefficient (Wildman–Crippen LogP) is 4.23. The number of halogens is 2. The number of nitrogens with zero attached hydrogens (tertiary/aromatic N) is 1. The number of rotatable bonds is 5. The quantitative estimate of drug-likeness (QED) is 0.871. The molecule has 0 bridgehead atoms. The van der Waals surface area contributed by atoms with Crippen LogP contribution in [0.25, 0.3) is 0 Å². The standard InChI is InChI=1S/C16H18BrClN2/c1-20(11-12-5-7-14(17)8-6-12)16(10-19)13-3-2-4-15(18)9-13/h2-9,16H,10-11,19H2,1H3. The van der Waals surface area contributed by atoms with Gasteiger partial charge in [-0.2, -0.15) is 0 Å². The highest BCUT2D eigenvalue weighted by Crippen LogP contribution is 2.23. The average molecular weight is 354 g/mol. The van der Waals surface area contributed by atoms with Gasteiger partial charge in [0.2, 0.25) is 0 Å². The molecule has 0 aliphatic heterocycles. The third kappa shape index (κ3) is 4.06. The minimum atomic E-state index is 0.164. The van der Waals surface area contributed by atoms with Gasteiger partial charge in [-0.1, -0.05) is 51.8 Å². The minimum Gasteiger partial charge on any atom is -0.329 e. The molecule has 1 unspecified atom stereocenters. The summed E-state index contributed by atoms with van der Waals surface area (Å²) in [6.07, 6.45) is 0. The van der Waals surface area contributed by atoms with Crippen molar-refractivity contribution >= 4 is 27.5 Å². The van der Waals surface area contributed by atoms with Crippen molar-refractivity contribution in [2.24, 2.45) is 5.73 Å². The summed E-state index contributed by atoms with van der Waals surface area (Å²) in [7, 11) is 2.08. The molecule has 20 heavy (non-hydrogen) atoms. The zero-order valence-electron chi connectivity index (χ0n) is 11.4. The summed E-state index contributed by atoms with van der Waals surface area (Å²) in [4.78, 5) is 2.24. The van der Waals surface area contributed by atoms with E-state index in [9.17, 15) is 0 Å². The van der Waals surface area contributed by atoms with Gasteiger partial charge in [-0.15, -0.1) is 0 Å². The smallest absolute Gasteiger partial charge is 0.0471 e. The van der Waals surface area contributed by atoms with Crippen LogP contribution in [0.5, 0.6) is 0 Å². The van der Waals surface area contributed by atoms with Crippen molar-refractivity contribution in [3.05, 3.63) is 69.2 Å². The molecule has 0 radical (unpaired) electrons. The van der Waals surface area contributed by atoms with Crippen LogP contribution in [0, 0.1) is 0 Å². The highest BCUT2D eigenvalue weighted by molar-refractivity contribution is 9.10. The number of likely N-dealkylation sites (N-methyl/N-ethyl adjacent to an activating group) is 1. The molecule has 0 amide bonds. The first-order valence-corrected chi connectivity index (χ1v) is 7.67. The van der Waals surface area contributed by atoms with Crippen LogP contribution in [0.4, 0.5) is 0 Å². The second-order valence-electron chi connectivity index (χ2n) is 4.85. The number of nitrogens with two attached hydrogens (primary N) is 1. The number of hydrogen-bond acceptors (Lipinski definition) is 2. The Morgan fingerprint density at radius 3 is 2.50 bits per heavy atom. The molecule has 4 heteroatoms. The van der Waals surface area contributed by atoms with Crippen LogP contribution in [0.3, 0.4) is 0 Å². The maximum absolute atomic E-state index is 6.06. The van der Waals surface area contributed by atoms with E-state index >= 15 is 0 Å². The van der Waals surface area contributed by atoms with Crippen molar-refractivity contribution in [2.75, 3.05) is 13.6 Å². The Balaban J connectivity index is 2.13. The van der Waals surface area contributed by atoms with E-state index in [2.05, 4.69) is 58.2 Å². The van der Waals surface area contributed by atoms with Crippen molar-refractivity contribution < 1.29 is 0 Å². The first-order chi connectivity index (χ1) is 9.60. The van der Waals surface area contributed by atoms with Crippen LogP contribution < -0.4 is 5.73 Å². The molecule has 0 saturated carbocycles. The van der Waals surface area contributed by atoms with E-state index in [4.69, 9.17) is 17.3 Å². The van der Waals surface area contributed by atoms with Crippen molar-refractivity contribution in [3.8, 4) is 0 Å². The Labute approximate surface area is 133 Å². The van der Waals surface area contributed by atoms with Gasteiger partial charge in [0.25, 0.3) is 0 Å². The normalized spacial score (nSPS) is 12.7. The molecule has 106 valence electrons. The molecular formula is C16H18BrClN2. The summed E-state index contributed by atoms with van der Waals surface area (Å²) in [6, 6.07) is 16.4. The molecule has 0 saturated heterocycles. The summed E-state index contributed by atoms with van der Waals surface area (Å²) >= 11 is 9.51. The van der Waals surface area contributed by atoms with Gasteiger partial charge < -0.3 is 5.73 Å². The Kier molecular flexibility index (Phi) is 5.61. The van der Waals surface area contributed by atoms with Gasteiger partial charge in [0.15, 0.2) is 0 Å². The molecule has 0 heterocycles. The third-order valence-corrected chi connectivity index (χ3v) is 4.10. The fraction of sp³-hybridized carbons (Fsp3) is 0.250. The monoisotopic (exact) mass is 352 g/mol. The van der Waals surface area contributed by atoms with Crippen molar-refractivity contribution in [1.29, 1.82) is 0 Å². The van der Waals surface area contributed by atoms with Crippen LogP contribution in [-0.4, -0.2) is 18.5 Å². The van der Waals surface area contributed by atoms with Gasteiger partial charge in [-0.3, -0.25) is 4.90 Å². The van der Waals surface area contributed by atoms with Gasteiger partial charge in [0.05, 0.1) is 0 Å². The van der Waals surface area contributed by atoms with E-state index in [1.54, 1.807) is 0 Å². The maximum Gasteiger partial charge on any atom is 0.0471 e. The lowest BCUT2D eigenvalue weighted by atomic mass is 10.1. The second-order valence-corrected chi connectivity index (χ2v) is 6.20. The summed E-state index contributed by atoms with van der Waals surface area (Å²) in [5.74, 6) is 0. The molecule has 2 aromatic rings. The Hall–Kier alpha value is -0.870. The maximum atomic E-state index is 6.06. The molecule has 2 rings (SSSR count). The molecule has 1 atom stereocenters. The largest absolute Gasteiger partial charge is 0.329 e. The van der Waals surface area contributed by atoms with E-state index in [0.717, 1.165) is 21.6 Å². The predicted molar refractivity (Wildman–Crippen MR) is 88.9 cm³/mol. The molecular weight excluding hydrogens is 336 g/mol. The Bertz CT molecular complexity index is 557. The fourth-order valence-corrected chi connectivity index (χ4v) is 2.74. The lowest BCUT2D eigenvalue weighted by molar-refractivity contribution is 0.242. The summed E-state index contributed by atoms with van der Waals surface area (Å²) in [5, 5.41) is 0.748. The molecule has 2 aromatic carbocycles. The van der Waals surface area contributed by atoms with Gasteiger partial charge in [-0.05, 0) is 42.4 Å². The van der Waals surface area contributed by atoms with Gasteiger partial charge in [0.1, 0.15) is 0 Å². The van der Waals surface area contributed by atoms with Crippen molar-refractivity contribution in [1.82, 2.24) is 4.90 Å². The Morgan fingerprint density at radius 1 is 1.20 bits per heavy atom. The number of benzene rings is 2. The van der Waals surface area contributed by atoms with E-state index in [1.165, 1.54) is 5.56 Å². The topological polar surface area (TPSA) is 29.3 Å². The zero-order chi connectivity index (χ0) is 14.5. The molecule has 2 N–H and O–H groups in total. The highest BCUT2D eigenvalue weighted by Gasteiger charge is 2.15. The van der Waals surface area contributed by atoms with E-state index in [1.807, 2.05) is 18.2 Å². The minimum absolute atomic E-state index is 0.164. The molecule has 0 aliphatic rings.